The summed E-state index contributed by atoms with van der Waals surface area (Å²) in [5.74, 6) is -1.03. The molecule has 1 aliphatic carbocycles. The van der Waals surface area contributed by atoms with Gasteiger partial charge in [-0.3, -0.25) is 9.59 Å². The fourth-order valence-corrected chi connectivity index (χ4v) is 3.05. The molecule has 0 aromatic carbocycles. The standard InChI is InChI=1S/C12H15NO4S/c1-17-9-5-6-18-10(9)11(14)13-8-4-2-3-7(8)12(15)16/h5-8H,2-4H2,1H3,(H,13,14)(H,15,16)/t7-,8+/m0/s1. The van der Waals surface area contributed by atoms with Gasteiger partial charge in [-0.25, -0.2) is 0 Å². The summed E-state index contributed by atoms with van der Waals surface area (Å²) in [6.45, 7) is 0. The lowest BCUT2D eigenvalue weighted by Gasteiger charge is -2.17. The molecule has 1 saturated carbocycles. The van der Waals surface area contributed by atoms with E-state index in [2.05, 4.69) is 5.32 Å². The molecular weight excluding hydrogens is 254 g/mol. The van der Waals surface area contributed by atoms with Gasteiger partial charge in [-0.1, -0.05) is 6.42 Å². The lowest BCUT2D eigenvalue weighted by Crippen LogP contribution is -2.39. The third-order valence-electron chi connectivity index (χ3n) is 3.20. The molecule has 2 atom stereocenters. The summed E-state index contributed by atoms with van der Waals surface area (Å²) in [5, 5.41) is 13.6. The van der Waals surface area contributed by atoms with E-state index in [1.54, 1.807) is 11.4 Å². The molecule has 1 amide bonds. The molecule has 0 saturated heterocycles. The Hall–Kier alpha value is -1.56. The summed E-state index contributed by atoms with van der Waals surface area (Å²) >= 11 is 1.29. The number of hydrogen-bond acceptors (Lipinski definition) is 4. The highest BCUT2D eigenvalue weighted by molar-refractivity contribution is 7.12. The van der Waals surface area contributed by atoms with Crippen molar-refractivity contribution in [2.24, 2.45) is 5.92 Å². The van der Waals surface area contributed by atoms with Gasteiger partial charge in [0, 0.05) is 6.04 Å². The van der Waals surface area contributed by atoms with Crippen LogP contribution in [0.4, 0.5) is 0 Å². The first kappa shape index (κ1) is 12.9. The highest BCUT2D eigenvalue weighted by Crippen LogP contribution is 2.28. The van der Waals surface area contributed by atoms with E-state index in [4.69, 9.17) is 9.84 Å². The van der Waals surface area contributed by atoms with Crippen molar-refractivity contribution in [2.75, 3.05) is 7.11 Å². The van der Waals surface area contributed by atoms with Gasteiger partial charge < -0.3 is 15.2 Å². The Kier molecular flexibility index (Phi) is 3.86. The number of rotatable bonds is 4. The highest BCUT2D eigenvalue weighted by Gasteiger charge is 2.34. The fraction of sp³-hybridized carbons (Fsp3) is 0.500. The smallest absolute Gasteiger partial charge is 0.308 e. The van der Waals surface area contributed by atoms with Crippen LogP contribution in [0.1, 0.15) is 28.9 Å². The Bertz CT molecular complexity index is 457. The van der Waals surface area contributed by atoms with Gasteiger partial charge in [0.25, 0.3) is 5.91 Å². The summed E-state index contributed by atoms with van der Waals surface area (Å²) in [6, 6.07) is 1.45. The molecule has 1 fully saturated rings. The van der Waals surface area contributed by atoms with Crippen LogP contribution in [-0.2, 0) is 4.79 Å². The summed E-state index contributed by atoms with van der Waals surface area (Å²) in [7, 11) is 1.51. The first-order valence-corrected chi connectivity index (χ1v) is 6.66. The molecule has 6 heteroatoms. The number of thiophene rings is 1. The molecule has 0 radical (unpaired) electrons. The van der Waals surface area contributed by atoms with Crippen molar-refractivity contribution in [1.29, 1.82) is 0 Å². The monoisotopic (exact) mass is 269 g/mol. The first-order chi connectivity index (χ1) is 8.63. The molecule has 1 aromatic heterocycles. The van der Waals surface area contributed by atoms with Crippen LogP contribution in [0.2, 0.25) is 0 Å². The number of hydrogen-bond donors (Lipinski definition) is 2. The molecule has 1 heterocycles. The number of amides is 1. The number of ether oxygens (including phenoxy) is 1. The minimum absolute atomic E-state index is 0.250. The third-order valence-corrected chi connectivity index (χ3v) is 4.10. The van der Waals surface area contributed by atoms with E-state index in [1.165, 1.54) is 18.4 Å². The van der Waals surface area contributed by atoms with Gasteiger partial charge >= 0.3 is 5.97 Å². The van der Waals surface area contributed by atoms with Crippen molar-refractivity contribution in [3.63, 3.8) is 0 Å². The third kappa shape index (κ3) is 2.48. The molecule has 18 heavy (non-hydrogen) atoms. The summed E-state index contributed by atoms with van der Waals surface area (Å²) in [5.41, 5.74) is 0. The number of carbonyl (C=O) groups excluding carboxylic acids is 1. The second-order valence-corrected chi connectivity index (χ2v) is 5.19. The average molecular weight is 269 g/mol. The van der Waals surface area contributed by atoms with Gasteiger partial charge in [0.1, 0.15) is 10.6 Å². The van der Waals surface area contributed by atoms with E-state index in [-0.39, 0.29) is 11.9 Å². The predicted molar refractivity (Wildman–Crippen MR) is 67.1 cm³/mol. The number of nitrogens with one attached hydrogen (secondary N) is 1. The van der Waals surface area contributed by atoms with E-state index in [1.807, 2.05) is 0 Å². The summed E-state index contributed by atoms with van der Waals surface area (Å²) in [6.07, 6.45) is 2.18. The minimum Gasteiger partial charge on any atom is -0.495 e. The van der Waals surface area contributed by atoms with Crippen LogP contribution >= 0.6 is 11.3 Å². The van der Waals surface area contributed by atoms with Crippen LogP contribution in [0.15, 0.2) is 11.4 Å². The molecule has 5 nitrogen and oxygen atoms in total. The molecule has 0 aliphatic heterocycles. The molecule has 0 bridgehead atoms. The van der Waals surface area contributed by atoms with Gasteiger partial charge in [-0.15, -0.1) is 11.3 Å². The zero-order valence-corrected chi connectivity index (χ0v) is 10.8. The van der Waals surface area contributed by atoms with Crippen LogP contribution in [-0.4, -0.2) is 30.1 Å². The zero-order valence-electron chi connectivity index (χ0n) is 10.0. The van der Waals surface area contributed by atoms with Crippen LogP contribution in [0.3, 0.4) is 0 Å². The Morgan fingerprint density at radius 3 is 2.94 bits per heavy atom. The summed E-state index contributed by atoms with van der Waals surface area (Å²) in [4.78, 5) is 23.6. The maximum absolute atomic E-state index is 12.0. The lowest BCUT2D eigenvalue weighted by atomic mass is 10.0. The molecular formula is C12H15NO4S. The van der Waals surface area contributed by atoms with Gasteiger partial charge in [0.2, 0.25) is 0 Å². The number of carboxylic acids is 1. The van der Waals surface area contributed by atoms with E-state index in [9.17, 15) is 9.59 Å². The van der Waals surface area contributed by atoms with Crippen molar-refractivity contribution >= 4 is 23.2 Å². The van der Waals surface area contributed by atoms with Gasteiger partial charge in [-0.05, 0) is 24.3 Å². The Balaban J connectivity index is 2.05. The van der Waals surface area contributed by atoms with Crippen LogP contribution in [0.25, 0.3) is 0 Å². The van der Waals surface area contributed by atoms with Crippen LogP contribution < -0.4 is 10.1 Å². The molecule has 98 valence electrons. The zero-order chi connectivity index (χ0) is 13.1. The normalized spacial score (nSPS) is 22.7. The van der Waals surface area contributed by atoms with Gasteiger partial charge in [-0.2, -0.15) is 0 Å². The Morgan fingerprint density at radius 1 is 1.50 bits per heavy atom. The highest BCUT2D eigenvalue weighted by atomic mass is 32.1. The number of methoxy groups -OCH3 is 1. The van der Waals surface area contributed by atoms with E-state index < -0.39 is 11.9 Å². The Morgan fingerprint density at radius 2 is 2.28 bits per heavy atom. The minimum atomic E-state index is -0.837. The fourth-order valence-electron chi connectivity index (χ4n) is 2.29. The molecule has 1 aromatic rings. The van der Waals surface area contributed by atoms with Gasteiger partial charge in [0.05, 0.1) is 13.0 Å². The molecule has 0 unspecified atom stereocenters. The maximum Gasteiger partial charge on any atom is 0.308 e. The molecule has 2 N–H and O–H groups in total. The number of carboxylic acid groups (broad SMARTS) is 1. The largest absolute Gasteiger partial charge is 0.495 e. The quantitative estimate of drug-likeness (QED) is 0.873. The molecule has 2 rings (SSSR count). The van der Waals surface area contributed by atoms with Crippen molar-refractivity contribution in [3.05, 3.63) is 16.3 Å². The second-order valence-electron chi connectivity index (χ2n) is 4.27. The number of carbonyl (C=O) groups is 2. The van der Waals surface area contributed by atoms with Crippen molar-refractivity contribution in [1.82, 2.24) is 5.32 Å². The SMILES string of the molecule is COc1ccsc1C(=O)N[C@@H]1CCC[C@@H]1C(=O)O. The van der Waals surface area contributed by atoms with Gasteiger partial charge in [0.15, 0.2) is 0 Å². The van der Waals surface area contributed by atoms with Crippen molar-refractivity contribution in [2.45, 2.75) is 25.3 Å². The topological polar surface area (TPSA) is 75.6 Å². The van der Waals surface area contributed by atoms with E-state index >= 15 is 0 Å². The summed E-state index contributed by atoms with van der Waals surface area (Å²) < 4.78 is 5.08. The van der Waals surface area contributed by atoms with E-state index in [0.717, 1.165) is 12.8 Å². The lowest BCUT2D eigenvalue weighted by molar-refractivity contribution is -0.142. The van der Waals surface area contributed by atoms with Crippen LogP contribution in [0.5, 0.6) is 5.75 Å². The number of aliphatic carboxylic acids is 1. The van der Waals surface area contributed by atoms with E-state index in [0.29, 0.717) is 17.0 Å². The maximum atomic E-state index is 12.0. The molecule has 1 aliphatic rings. The Labute approximate surface area is 109 Å². The predicted octanol–water partition coefficient (Wildman–Crippen LogP) is 1.74. The average Bonchev–Trinajstić information content (AvgIpc) is 2.96. The van der Waals surface area contributed by atoms with Crippen LogP contribution in [0, 0.1) is 5.92 Å². The van der Waals surface area contributed by atoms with Crippen molar-refractivity contribution in [3.8, 4) is 5.75 Å². The second kappa shape index (κ2) is 5.39. The van der Waals surface area contributed by atoms with Crippen molar-refractivity contribution < 1.29 is 19.4 Å². The molecule has 0 spiro atoms. The first-order valence-electron chi connectivity index (χ1n) is 5.78.